The lowest BCUT2D eigenvalue weighted by Gasteiger charge is -2.32. The molecule has 0 saturated carbocycles. The first-order valence-corrected chi connectivity index (χ1v) is 8.84. The standard InChI is InChI=1S/C21H22BNO4/c1-20(2)21(3,4)27-22(26-20)18-11-10-16(13-23)12-17(18)19(24)25-14-15-8-6-5-7-9-15/h5-12H,14H2,1-4H3. The number of esters is 1. The minimum absolute atomic E-state index is 0.152. The Balaban J connectivity index is 1.88. The number of rotatable bonds is 4. The van der Waals surface area contributed by atoms with Crippen LogP contribution in [0.4, 0.5) is 0 Å². The Labute approximate surface area is 160 Å². The Morgan fingerprint density at radius 3 is 2.30 bits per heavy atom. The SMILES string of the molecule is CC1(C)OB(c2ccc(C#N)cc2C(=O)OCc2ccccc2)OC1(C)C. The lowest BCUT2D eigenvalue weighted by molar-refractivity contribution is 0.00578. The van der Waals surface area contributed by atoms with Crippen molar-refractivity contribution >= 4 is 18.6 Å². The summed E-state index contributed by atoms with van der Waals surface area (Å²) in [5.41, 5.74) is 1.05. The van der Waals surface area contributed by atoms with Crippen molar-refractivity contribution in [1.29, 1.82) is 5.26 Å². The molecular formula is C21H22BNO4. The minimum atomic E-state index is -0.706. The summed E-state index contributed by atoms with van der Waals surface area (Å²) in [7, 11) is -0.706. The monoisotopic (exact) mass is 363 g/mol. The van der Waals surface area contributed by atoms with Gasteiger partial charge in [-0.2, -0.15) is 5.26 Å². The number of carbonyl (C=O) groups excluding carboxylic acids is 1. The first kappa shape index (κ1) is 19.2. The molecule has 1 heterocycles. The average Bonchev–Trinajstić information content (AvgIpc) is 2.87. The molecule has 1 aliphatic rings. The van der Waals surface area contributed by atoms with Gasteiger partial charge in [-0.25, -0.2) is 4.79 Å². The molecule has 0 aromatic heterocycles. The normalized spacial score (nSPS) is 17.4. The van der Waals surface area contributed by atoms with Gasteiger partial charge in [0.2, 0.25) is 0 Å². The van der Waals surface area contributed by atoms with Crippen LogP contribution >= 0.6 is 0 Å². The van der Waals surface area contributed by atoms with Gasteiger partial charge in [-0.3, -0.25) is 0 Å². The Morgan fingerprint density at radius 2 is 1.70 bits per heavy atom. The summed E-state index contributed by atoms with van der Waals surface area (Å²) in [6.45, 7) is 7.95. The highest BCUT2D eigenvalue weighted by molar-refractivity contribution is 6.63. The van der Waals surface area contributed by atoms with Crippen LogP contribution in [0, 0.1) is 11.3 Å². The Kier molecular flexibility index (Phi) is 5.10. The Bertz CT molecular complexity index is 871. The van der Waals surface area contributed by atoms with Gasteiger partial charge in [0.15, 0.2) is 0 Å². The zero-order valence-corrected chi connectivity index (χ0v) is 16.0. The first-order valence-electron chi connectivity index (χ1n) is 8.84. The second kappa shape index (κ2) is 7.18. The second-order valence-electron chi connectivity index (χ2n) is 7.56. The first-order chi connectivity index (χ1) is 12.7. The van der Waals surface area contributed by atoms with E-state index in [1.165, 1.54) is 6.07 Å². The Hall–Kier alpha value is -2.62. The van der Waals surface area contributed by atoms with E-state index in [2.05, 4.69) is 6.07 Å². The third-order valence-corrected chi connectivity index (χ3v) is 5.12. The summed E-state index contributed by atoms with van der Waals surface area (Å²) in [4.78, 5) is 12.7. The van der Waals surface area contributed by atoms with E-state index in [0.29, 0.717) is 11.0 Å². The molecule has 0 unspecified atom stereocenters. The number of benzene rings is 2. The minimum Gasteiger partial charge on any atom is -0.457 e. The van der Waals surface area contributed by atoms with E-state index in [-0.39, 0.29) is 12.2 Å². The highest BCUT2D eigenvalue weighted by Gasteiger charge is 2.52. The van der Waals surface area contributed by atoms with E-state index in [0.717, 1.165) is 5.56 Å². The van der Waals surface area contributed by atoms with Gasteiger partial charge in [0.05, 0.1) is 28.4 Å². The molecule has 138 valence electrons. The zero-order chi connectivity index (χ0) is 19.7. The summed E-state index contributed by atoms with van der Waals surface area (Å²) < 4.78 is 17.6. The van der Waals surface area contributed by atoms with Gasteiger partial charge in [-0.15, -0.1) is 0 Å². The van der Waals surface area contributed by atoms with Crippen molar-refractivity contribution in [2.75, 3.05) is 0 Å². The summed E-state index contributed by atoms with van der Waals surface area (Å²) >= 11 is 0. The largest absolute Gasteiger partial charge is 0.495 e. The molecule has 0 spiro atoms. The van der Waals surface area contributed by atoms with Crippen LogP contribution in [0.3, 0.4) is 0 Å². The molecule has 0 aliphatic carbocycles. The number of nitriles is 1. The van der Waals surface area contributed by atoms with E-state index >= 15 is 0 Å². The van der Waals surface area contributed by atoms with Crippen molar-refractivity contribution in [2.24, 2.45) is 0 Å². The fourth-order valence-corrected chi connectivity index (χ4v) is 2.78. The molecule has 0 atom stereocenters. The summed E-state index contributed by atoms with van der Waals surface area (Å²) in [6, 6.07) is 16.4. The van der Waals surface area contributed by atoms with Gasteiger partial charge in [0, 0.05) is 0 Å². The molecular weight excluding hydrogens is 341 g/mol. The molecule has 0 bridgehead atoms. The summed E-state index contributed by atoms with van der Waals surface area (Å²) in [5.74, 6) is -0.513. The smallest absolute Gasteiger partial charge is 0.457 e. The van der Waals surface area contributed by atoms with Gasteiger partial charge < -0.3 is 14.0 Å². The van der Waals surface area contributed by atoms with Crippen LogP contribution in [0.25, 0.3) is 0 Å². The predicted octanol–water partition coefficient (Wildman–Crippen LogP) is 3.21. The van der Waals surface area contributed by atoms with E-state index in [1.807, 2.05) is 58.0 Å². The molecule has 0 N–H and O–H groups in total. The third kappa shape index (κ3) is 3.90. The number of carbonyl (C=O) groups is 1. The molecule has 0 amide bonds. The van der Waals surface area contributed by atoms with Gasteiger partial charge in [0.1, 0.15) is 6.61 Å². The molecule has 1 saturated heterocycles. The molecule has 1 fully saturated rings. The maximum absolute atomic E-state index is 12.7. The van der Waals surface area contributed by atoms with Crippen LogP contribution in [0.2, 0.25) is 0 Å². The maximum Gasteiger partial charge on any atom is 0.495 e. The van der Waals surface area contributed by atoms with Crippen LogP contribution < -0.4 is 5.46 Å². The van der Waals surface area contributed by atoms with Gasteiger partial charge in [0.25, 0.3) is 0 Å². The van der Waals surface area contributed by atoms with Crippen molar-refractivity contribution in [3.63, 3.8) is 0 Å². The van der Waals surface area contributed by atoms with Crippen molar-refractivity contribution in [3.05, 3.63) is 65.2 Å². The number of nitrogens with zero attached hydrogens (tertiary/aromatic N) is 1. The van der Waals surface area contributed by atoms with Gasteiger partial charge >= 0.3 is 13.1 Å². The lowest BCUT2D eigenvalue weighted by atomic mass is 9.75. The van der Waals surface area contributed by atoms with E-state index in [1.54, 1.807) is 12.1 Å². The summed E-state index contributed by atoms with van der Waals surface area (Å²) in [6.07, 6.45) is 0. The molecule has 27 heavy (non-hydrogen) atoms. The van der Waals surface area contributed by atoms with Crippen molar-refractivity contribution in [1.82, 2.24) is 0 Å². The third-order valence-electron chi connectivity index (χ3n) is 5.12. The lowest BCUT2D eigenvalue weighted by Crippen LogP contribution is -2.41. The number of ether oxygens (including phenoxy) is 1. The van der Waals surface area contributed by atoms with Crippen LogP contribution in [-0.4, -0.2) is 24.3 Å². The molecule has 6 heteroatoms. The van der Waals surface area contributed by atoms with Crippen LogP contribution in [0.15, 0.2) is 48.5 Å². The number of hydrogen-bond acceptors (Lipinski definition) is 5. The molecule has 2 aromatic rings. The highest BCUT2D eigenvalue weighted by Crippen LogP contribution is 2.36. The molecule has 1 aliphatic heterocycles. The van der Waals surface area contributed by atoms with Crippen molar-refractivity contribution < 1.29 is 18.8 Å². The molecule has 2 aromatic carbocycles. The van der Waals surface area contributed by atoms with Crippen molar-refractivity contribution in [3.8, 4) is 6.07 Å². The topological polar surface area (TPSA) is 68.5 Å². The predicted molar refractivity (Wildman–Crippen MR) is 102 cm³/mol. The molecule has 5 nitrogen and oxygen atoms in total. The summed E-state index contributed by atoms with van der Waals surface area (Å²) in [5, 5.41) is 9.21. The zero-order valence-electron chi connectivity index (χ0n) is 16.0. The van der Waals surface area contributed by atoms with E-state index in [4.69, 9.17) is 14.0 Å². The highest BCUT2D eigenvalue weighted by atomic mass is 16.7. The van der Waals surface area contributed by atoms with Crippen LogP contribution in [0.1, 0.15) is 49.2 Å². The second-order valence-corrected chi connectivity index (χ2v) is 7.56. The average molecular weight is 363 g/mol. The van der Waals surface area contributed by atoms with E-state index in [9.17, 15) is 10.1 Å². The molecule has 0 radical (unpaired) electrons. The maximum atomic E-state index is 12.7. The van der Waals surface area contributed by atoms with Crippen molar-refractivity contribution in [2.45, 2.75) is 45.5 Å². The van der Waals surface area contributed by atoms with Gasteiger partial charge in [-0.1, -0.05) is 36.4 Å². The number of hydrogen-bond donors (Lipinski definition) is 0. The quantitative estimate of drug-likeness (QED) is 0.616. The Morgan fingerprint density at radius 1 is 1.07 bits per heavy atom. The fourth-order valence-electron chi connectivity index (χ4n) is 2.78. The van der Waals surface area contributed by atoms with E-state index < -0.39 is 24.3 Å². The van der Waals surface area contributed by atoms with Crippen LogP contribution in [-0.2, 0) is 20.7 Å². The fraction of sp³-hybridized carbons (Fsp3) is 0.333. The van der Waals surface area contributed by atoms with Crippen LogP contribution in [0.5, 0.6) is 0 Å². The van der Waals surface area contributed by atoms with Gasteiger partial charge in [-0.05, 0) is 50.9 Å². The molecule has 3 rings (SSSR count).